The summed E-state index contributed by atoms with van der Waals surface area (Å²) in [6.07, 6.45) is 2.07. The Bertz CT molecular complexity index is 403. The summed E-state index contributed by atoms with van der Waals surface area (Å²) < 4.78 is 0. The SMILES string of the molecule is CCNC(=O)C(C)NC(C)CCc1cccc(C)c1. The third kappa shape index (κ3) is 5.88. The van der Waals surface area contributed by atoms with Gasteiger partial charge < -0.3 is 10.6 Å². The van der Waals surface area contributed by atoms with Gasteiger partial charge in [0, 0.05) is 12.6 Å². The molecule has 3 heteroatoms. The summed E-state index contributed by atoms with van der Waals surface area (Å²) in [5.41, 5.74) is 2.66. The molecule has 1 rings (SSSR count). The van der Waals surface area contributed by atoms with Gasteiger partial charge in [-0.05, 0) is 46.1 Å². The standard InChI is InChI=1S/C16H26N2O/c1-5-17-16(19)14(4)18-13(3)9-10-15-8-6-7-12(2)11-15/h6-8,11,13-14,18H,5,9-10H2,1-4H3,(H,17,19). The number of amides is 1. The average Bonchev–Trinajstić information content (AvgIpc) is 2.36. The second-order valence-electron chi connectivity index (χ2n) is 5.21. The molecule has 0 saturated heterocycles. The van der Waals surface area contributed by atoms with Crippen LogP contribution in [0.2, 0.25) is 0 Å². The largest absolute Gasteiger partial charge is 0.355 e. The summed E-state index contributed by atoms with van der Waals surface area (Å²) in [6.45, 7) is 8.77. The fraction of sp³-hybridized carbons (Fsp3) is 0.562. The highest BCUT2D eigenvalue weighted by molar-refractivity contribution is 5.81. The third-order valence-corrected chi connectivity index (χ3v) is 3.23. The van der Waals surface area contributed by atoms with E-state index in [1.165, 1.54) is 11.1 Å². The van der Waals surface area contributed by atoms with Crippen molar-refractivity contribution in [1.82, 2.24) is 10.6 Å². The van der Waals surface area contributed by atoms with Gasteiger partial charge in [-0.15, -0.1) is 0 Å². The minimum absolute atomic E-state index is 0.0740. The van der Waals surface area contributed by atoms with Crippen LogP contribution < -0.4 is 10.6 Å². The van der Waals surface area contributed by atoms with Crippen LogP contribution >= 0.6 is 0 Å². The van der Waals surface area contributed by atoms with Crippen molar-refractivity contribution < 1.29 is 4.79 Å². The Kier molecular flexibility index (Phi) is 6.57. The molecule has 3 nitrogen and oxygen atoms in total. The van der Waals surface area contributed by atoms with Crippen LogP contribution in [0.15, 0.2) is 24.3 Å². The molecule has 1 aromatic rings. The fourth-order valence-corrected chi connectivity index (χ4v) is 2.16. The molecule has 0 aliphatic rings. The van der Waals surface area contributed by atoms with Gasteiger partial charge in [0.05, 0.1) is 6.04 Å². The lowest BCUT2D eigenvalue weighted by Gasteiger charge is -2.19. The smallest absolute Gasteiger partial charge is 0.236 e. The summed E-state index contributed by atoms with van der Waals surface area (Å²) in [5.74, 6) is 0.0740. The third-order valence-electron chi connectivity index (χ3n) is 3.23. The molecule has 0 aliphatic carbocycles. The topological polar surface area (TPSA) is 41.1 Å². The highest BCUT2D eigenvalue weighted by atomic mass is 16.2. The van der Waals surface area contributed by atoms with Crippen molar-refractivity contribution in [1.29, 1.82) is 0 Å². The van der Waals surface area contributed by atoms with E-state index in [0.29, 0.717) is 12.6 Å². The van der Waals surface area contributed by atoms with E-state index in [2.05, 4.69) is 48.7 Å². The van der Waals surface area contributed by atoms with E-state index < -0.39 is 0 Å². The van der Waals surface area contributed by atoms with Crippen LogP contribution in [-0.2, 0) is 11.2 Å². The van der Waals surface area contributed by atoms with Crippen LogP contribution in [0, 0.1) is 6.92 Å². The van der Waals surface area contributed by atoms with E-state index in [9.17, 15) is 4.79 Å². The van der Waals surface area contributed by atoms with Crippen molar-refractivity contribution in [3.8, 4) is 0 Å². The van der Waals surface area contributed by atoms with E-state index in [0.717, 1.165) is 12.8 Å². The highest BCUT2D eigenvalue weighted by Crippen LogP contribution is 2.08. The fourth-order valence-electron chi connectivity index (χ4n) is 2.16. The first-order valence-corrected chi connectivity index (χ1v) is 7.12. The van der Waals surface area contributed by atoms with Gasteiger partial charge in [0.1, 0.15) is 0 Å². The minimum atomic E-state index is -0.132. The van der Waals surface area contributed by atoms with Crippen LogP contribution in [0.1, 0.15) is 38.3 Å². The number of carbonyl (C=O) groups is 1. The van der Waals surface area contributed by atoms with Gasteiger partial charge in [-0.3, -0.25) is 4.79 Å². The number of carbonyl (C=O) groups excluding carboxylic acids is 1. The molecule has 0 aromatic heterocycles. The average molecular weight is 262 g/mol. The lowest BCUT2D eigenvalue weighted by atomic mass is 10.0. The number of hydrogen-bond acceptors (Lipinski definition) is 2. The monoisotopic (exact) mass is 262 g/mol. The summed E-state index contributed by atoms with van der Waals surface area (Å²) >= 11 is 0. The zero-order chi connectivity index (χ0) is 14.3. The maximum Gasteiger partial charge on any atom is 0.236 e. The predicted octanol–water partition coefficient (Wildman–Crippen LogP) is 2.43. The summed E-state index contributed by atoms with van der Waals surface area (Å²) in [5, 5.41) is 6.17. The molecule has 1 aromatic carbocycles. The van der Waals surface area contributed by atoms with Gasteiger partial charge in [-0.2, -0.15) is 0 Å². The molecule has 2 N–H and O–H groups in total. The van der Waals surface area contributed by atoms with E-state index in [1.807, 2.05) is 13.8 Å². The molecule has 0 radical (unpaired) electrons. The molecule has 2 atom stereocenters. The summed E-state index contributed by atoms with van der Waals surface area (Å²) in [6, 6.07) is 8.79. The maximum atomic E-state index is 11.6. The zero-order valence-corrected chi connectivity index (χ0v) is 12.5. The van der Waals surface area contributed by atoms with Crippen LogP contribution in [0.4, 0.5) is 0 Å². The Morgan fingerprint density at radius 3 is 2.68 bits per heavy atom. The van der Waals surface area contributed by atoms with Crippen LogP contribution in [0.5, 0.6) is 0 Å². The lowest BCUT2D eigenvalue weighted by Crippen LogP contribution is -2.45. The van der Waals surface area contributed by atoms with Gasteiger partial charge in [0.15, 0.2) is 0 Å². The van der Waals surface area contributed by atoms with E-state index in [1.54, 1.807) is 0 Å². The molecule has 0 bridgehead atoms. The van der Waals surface area contributed by atoms with Gasteiger partial charge in [-0.1, -0.05) is 29.8 Å². The van der Waals surface area contributed by atoms with Crippen molar-refractivity contribution in [3.63, 3.8) is 0 Å². The van der Waals surface area contributed by atoms with Crippen LogP contribution in [-0.4, -0.2) is 24.5 Å². The molecule has 0 fully saturated rings. The normalized spacial score (nSPS) is 13.9. The number of aryl methyl sites for hydroxylation is 2. The second-order valence-corrected chi connectivity index (χ2v) is 5.21. The Morgan fingerprint density at radius 1 is 1.32 bits per heavy atom. The molecule has 0 aliphatic heterocycles. The van der Waals surface area contributed by atoms with E-state index >= 15 is 0 Å². The minimum Gasteiger partial charge on any atom is -0.355 e. The molecular weight excluding hydrogens is 236 g/mol. The predicted molar refractivity (Wildman–Crippen MR) is 80.2 cm³/mol. The molecule has 0 heterocycles. The summed E-state index contributed by atoms with van der Waals surface area (Å²) in [7, 11) is 0. The Balaban J connectivity index is 2.35. The number of hydrogen-bond donors (Lipinski definition) is 2. The summed E-state index contributed by atoms with van der Waals surface area (Å²) in [4.78, 5) is 11.6. The first-order valence-electron chi connectivity index (χ1n) is 7.12. The van der Waals surface area contributed by atoms with Gasteiger partial charge in [0.2, 0.25) is 5.91 Å². The Hall–Kier alpha value is -1.35. The number of nitrogens with one attached hydrogen (secondary N) is 2. The van der Waals surface area contributed by atoms with Crippen LogP contribution in [0.3, 0.4) is 0 Å². The van der Waals surface area contributed by atoms with E-state index in [-0.39, 0.29) is 11.9 Å². The molecule has 1 amide bonds. The molecule has 2 unspecified atom stereocenters. The molecular formula is C16H26N2O. The quantitative estimate of drug-likeness (QED) is 0.792. The zero-order valence-electron chi connectivity index (χ0n) is 12.5. The van der Waals surface area contributed by atoms with Gasteiger partial charge in [-0.25, -0.2) is 0 Å². The van der Waals surface area contributed by atoms with Crippen molar-refractivity contribution in [3.05, 3.63) is 35.4 Å². The highest BCUT2D eigenvalue weighted by Gasteiger charge is 2.14. The van der Waals surface area contributed by atoms with Crippen molar-refractivity contribution in [2.24, 2.45) is 0 Å². The van der Waals surface area contributed by atoms with Gasteiger partial charge in [0.25, 0.3) is 0 Å². The lowest BCUT2D eigenvalue weighted by molar-refractivity contribution is -0.122. The van der Waals surface area contributed by atoms with Crippen molar-refractivity contribution in [2.45, 2.75) is 52.6 Å². The molecule has 0 spiro atoms. The van der Waals surface area contributed by atoms with E-state index in [4.69, 9.17) is 0 Å². The van der Waals surface area contributed by atoms with Crippen LogP contribution in [0.25, 0.3) is 0 Å². The molecule has 19 heavy (non-hydrogen) atoms. The maximum absolute atomic E-state index is 11.6. The Morgan fingerprint density at radius 2 is 2.05 bits per heavy atom. The Labute approximate surface area is 116 Å². The number of likely N-dealkylation sites (N-methyl/N-ethyl adjacent to an activating group) is 1. The number of benzene rings is 1. The van der Waals surface area contributed by atoms with Crippen molar-refractivity contribution >= 4 is 5.91 Å². The second kappa shape index (κ2) is 7.95. The number of rotatable bonds is 7. The van der Waals surface area contributed by atoms with Crippen molar-refractivity contribution in [2.75, 3.05) is 6.54 Å². The first kappa shape index (κ1) is 15.7. The first-order chi connectivity index (χ1) is 9.02. The molecule has 106 valence electrons. The van der Waals surface area contributed by atoms with Gasteiger partial charge >= 0.3 is 0 Å². The molecule has 0 saturated carbocycles.